The van der Waals surface area contributed by atoms with Crippen LogP contribution in [0.15, 0.2) is 30.5 Å². The average Bonchev–Trinajstić information content (AvgIpc) is 2.66. The van der Waals surface area contributed by atoms with E-state index >= 15 is 0 Å². The van der Waals surface area contributed by atoms with Gasteiger partial charge in [0, 0.05) is 42.9 Å². The van der Waals surface area contributed by atoms with E-state index in [0.717, 1.165) is 5.56 Å². The summed E-state index contributed by atoms with van der Waals surface area (Å²) in [7, 11) is 1.60. The van der Waals surface area contributed by atoms with Crippen LogP contribution in [0.2, 0.25) is 0 Å². The zero-order valence-corrected chi connectivity index (χ0v) is 17.2. The number of aliphatic hydroxyl groups is 1. The molecule has 29 heavy (non-hydrogen) atoms. The Balaban J connectivity index is 1.97. The number of hydrogen-bond acceptors (Lipinski definition) is 7. The number of amides is 1. The minimum absolute atomic E-state index is 0.0418. The summed E-state index contributed by atoms with van der Waals surface area (Å²) in [6, 6.07) is 6.77. The molecule has 2 rings (SSSR count). The monoisotopic (exact) mass is 401 g/mol. The van der Waals surface area contributed by atoms with Crippen molar-refractivity contribution >= 4 is 11.7 Å². The first-order chi connectivity index (χ1) is 13.7. The lowest BCUT2D eigenvalue weighted by molar-refractivity contribution is -0.133. The highest BCUT2D eigenvalue weighted by atomic mass is 16.5. The van der Waals surface area contributed by atoms with Gasteiger partial charge in [0.2, 0.25) is 5.88 Å². The normalized spacial score (nSPS) is 11.2. The van der Waals surface area contributed by atoms with Gasteiger partial charge < -0.3 is 19.9 Å². The molecule has 0 bridgehead atoms. The Bertz CT molecular complexity index is 844. The van der Waals surface area contributed by atoms with Crippen LogP contribution in [0.5, 0.6) is 5.88 Å². The molecule has 8 heteroatoms. The van der Waals surface area contributed by atoms with E-state index in [2.05, 4.69) is 15.3 Å². The molecule has 0 spiro atoms. The van der Waals surface area contributed by atoms with Crippen LogP contribution in [-0.4, -0.2) is 52.7 Å². The Kier molecular flexibility index (Phi) is 7.81. The SMILES string of the molecule is COCCOc1ccc(CNC(=O)c2cc(C)nc(CC(=O)C(C)(C)O)c2)cn1. The maximum absolute atomic E-state index is 12.5. The summed E-state index contributed by atoms with van der Waals surface area (Å²) in [5, 5.41) is 12.6. The molecule has 1 amide bonds. The number of carbonyl (C=O) groups is 2. The first-order valence-corrected chi connectivity index (χ1v) is 9.27. The molecule has 0 unspecified atom stereocenters. The Morgan fingerprint density at radius 3 is 2.59 bits per heavy atom. The van der Waals surface area contributed by atoms with E-state index in [1.807, 2.05) is 6.07 Å². The molecule has 8 nitrogen and oxygen atoms in total. The van der Waals surface area contributed by atoms with Crippen molar-refractivity contribution in [2.75, 3.05) is 20.3 Å². The number of ether oxygens (including phenoxy) is 2. The molecule has 2 heterocycles. The highest BCUT2D eigenvalue weighted by Gasteiger charge is 2.24. The van der Waals surface area contributed by atoms with Gasteiger partial charge in [-0.05, 0) is 38.5 Å². The third kappa shape index (κ3) is 7.24. The highest BCUT2D eigenvalue weighted by Crippen LogP contribution is 2.12. The molecule has 0 saturated heterocycles. The lowest BCUT2D eigenvalue weighted by Crippen LogP contribution is -2.33. The standard InChI is InChI=1S/C21H27N3O5/c1-14-9-16(10-17(24-14)11-18(25)21(2,3)27)20(26)23-13-15-5-6-19(22-12-15)29-8-7-28-4/h5-6,9-10,12,27H,7-8,11,13H2,1-4H3,(H,23,26). The van der Waals surface area contributed by atoms with Crippen molar-refractivity contribution in [3.8, 4) is 5.88 Å². The largest absolute Gasteiger partial charge is 0.475 e. The van der Waals surface area contributed by atoms with Crippen molar-refractivity contribution in [2.45, 2.75) is 39.3 Å². The number of hydrogen-bond donors (Lipinski definition) is 2. The van der Waals surface area contributed by atoms with Crippen LogP contribution >= 0.6 is 0 Å². The van der Waals surface area contributed by atoms with E-state index in [-0.39, 0.29) is 18.1 Å². The molecule has 156 valence electrons. The smallest absolute Gasteiger partial charge is 0.251 e. The first kappa shape index (κ1) is 22.4. The number of carbonyl (C=O) groups excluding carboxylic acids is 2. The second-order valence-corrected chi connectivity index (χ2v) is 7.18. The second-order valence-electron chi connectivity index (χ2n) is 7.18. The third-order valence-electron chi connectivity index (χ3n) is 4.08. The summed E-state index contributed by atoms with van der Waals surface area (Å²) < 4.78 is 10.3. The summed E-state index contributed by atoms with van der Waals surface area (Å²) in [6.45, 7) is 5.80. The van der Waals surface area contributed by atoms with Crippen molar-refractivity contribution in [3.63, 3.8) is 0 Å². The van der Waals surface area contributed by atoms with Crippen molar-refractivity contribution in [1.82, 2.24) is 15.3 Å². The second kappa shape index (κ2) is 10.1. The Hall–Kier alpha value is -2.84. The number of ketones is 1. The van der Waals surface area contributed by atoms with Gasteiger partial charge in [-0.1, -0.05) is 6.07 Å². The van der Waals surface area contributed by atoms with Gasteiger partial charge in [-0.15, -0.1) is 0 Å². The number of nitrogens with one attached hydrogen (secondary N) is 1. The minimum atomic E-state index is -1.44. The van der Waals surface area contributed by atoms with Crippen LogP contribution in [0.1, 0.15) is 41.2 Å². The van der Waals surface area contributed by atoms with Gasteiger partial charge in [0.15, 0.2) is 5.78 Å². The van der Waals surface area contributed by atoms with E-state index in [9.17, 15) is 14.7 Å². The van der Waals surface area contributed by atoms with Crippen molar-refractivity contribution < 1.29 is 24.2 Å². The van der Waals surface area contributed by atoms with Crippen LogP contribution in [0.25, 0.3) is 0 Å². The Morgan fingerprint density at radius 2 is 1.97 bits per heavy atom. The predicted octanol–water partition coefficient (Wildman–Crippen LogP) is 1.62. The third-order valence-corrected chi connectivity index (χ3v) is 4.08. The van der Waals surface area contributed by atoms with Gasteiger partial charge in [-0.25, -0.2) is 4.98 Å². The lowest BCUT2D eigenvalue weighted by atomic mass is 9.98. The van der Waals surface area contributed by atoms with Crippen LogP contribution in [0.4, 0.5) is 0 Å². The summed E-state index contributed by atoms with van der Waals surface area (Å²) in [5.41, 5.74) is 0.849. The highest BCUT2D eigenvalue weighted by molar-refractivity contribution is 5.95. The van der Waals surface area contributed by atoms with Crippen LogP contribution in [-0.2, 0) is 22.5 Å². The van der Waals surface area contributed by atoms with Gasteiger partial charge in [0.25, 0.3) is 5.91 Å². The summed E-state index contributed by atoms with van der Waals surface area (Å²) in [6.07, 6.45) is 1.59. The van der Waals surface area contributed by atoms with E-state index in [1.165, 1.54) is 13.8 Å². The minimum Gasteiger partial charge on any atom is -0.475 e. The number of rotatable bonds is 10. The number of Topliss-reactive ketones (excluding diaryl/α,β-unsaturated/α-hetero) is 1. The zero-order chi connectivity index (χ0) is 21.4. The van der Waals surface area contributed by atoms with Gasteiger partial charge in [0.05, 0.1) is 13.0 Å². The fraction of sp³-hybridized carbons (Fsp3) is 0.429. The topological polar surface area (TPSA) is 111 Å². The number of pyridine rings is 2. The molecular formula is C21H27N3O5. The number of aromatic nitrogens is 2. The van der Waals surface area contributed by atoms with E-state index in [1.54, 1.807) is 38.4 Å². The fourth-order valence-electron chi connectivity index (χ4n) is 2.45. The molecule has 0 fully saturated rings. The van der Waals surface area contributed by atoms with Gasteiger partial charge in [0.1, 0.15) is 12.2 Å². The molecule has 2 aromatic rings. The maximum Gasteiger partial charge on any atom is 0.251 e. The first-order valence-electron chi connectivity index (χ1n) is 9.27. The summed E-state index contributed by atoms with van der Waals surface area (Å²) in [5.74, 6) is -0.156. The number of methoxy groups -OCH3 is 1. The van der Waals surface area contributed by atoms with Gasteiger partial charge >= 0.3 is 0 Å². The quantitative estimate of drug-likeness (QED) is 0.582. The molecule has 0 atom stereocenters. The van der Waals surface area contributed by atoms with Crippen molar-refractivity contribution in [1.29, 1.82) is 0 Å². The predicted molar refractivity (Wildman–Crippen MR) is 107 cm³/mol. The van der Waals surface area contributed by atoms with Crippen LogP contribution in [0, 0.1) is 6.92 Å². The molecule has 0 aliphatic carbocycles. The summed E-state index contributed by atoms with van der Waals surface area (Å²) >= 11 is 0. The van der Waals surface area contributed by atoms with Crippen LogP contribution in [0.3, 0.4) is 0 Å². The van der Waals surface area contributed by atoms with Crippen LogP contribution < -0.4 is 10.1 Å². The van der Waals surface area contributed by atoms with Gasteiger partial charge in [-0.3, -0.25) is 14.6 Å². The molecule has 2 aromatic heterocycles. The zero-order valence-electron chi connectivity index (χ0n) is 17.2. The summed E-state index contributed by atoms with van der Waals surface area (Å²) in [4.78, 5) is 33.0. The van der Waals surface area contributed by atoms with E-state index < -0.39 is 5.60 Å². The number of nitrogens with zero attached hydrogens (tertiary/aromatic N) is 2. The van der Waals surface area contributed by atoms with E-state index in [0.29, 0.717) is 42.6 Å². The van der Waals surface area contributed by atoms with Crippen molar-refractivity contribution in [2.24, 2.45) is 0 Å². The molecule has 0 aliphatic heterocycles. The van der Waals surface area contributed by atoms with E-state index in [4.69, 9.17) is 9.47 Å². The van der Waals surface area contributed by atoms with Crippen molar-refractivity contribution in [3.05, 3.63) is 53.0 Å². The van der Waals surface area contributed by atoms with Gasteiger partial charge in [-0.2, -0.15) is 0 Å². The Morgan fingerprint density at radius 1 is 1.21 bits per heavy atom. The molecule has 2 N–H and O–H groups in total. The molecule has 0 saturated carbocycles. The number of aryl methyl sites for hydroxylation is 1. The fourth-order valence-corrected chi connectivity index (χ4v) is 2.45. The average molecular weight is 401 g/mol. The Labute approximate surface area is 170 Å². The molecule has 0 aromatic carbocycles. The maximum atomic E-state index is 12.5. The molecule has 0 radical (unpaired) electrons. The lowest BCUT2D eigenvalue weighted by Gasteiger charge is -2.15. The molecular weight excluding hydrogens is 374 g/mol. The molecule has 0 aliphatic rings.